The van der Waals surface area contributed by atoms with Crippen LogP contribution in [0.15, 0.2) is 10.6 Å². The van der Waals surface area contributed by atoms with Gasteiger partial charge in [0, 0.05) is 13.0 Å². The van der Waals surface area contributed by atoms with Crippen LogP contribution in [-0.2, 0) is 9.59 Å². The normalized spacial score (nSPS) is 8.33. The van der Waals surface area contributed by atoms with Crippen LogP contribution in [0.5, 0.6) is 0 Å². The molecule has 9 heavy (non-hydrogen) atoms. The molecule has 0 aromatic carbocycles. The first-order valence-electron chi connectivity index (χ1n) is 2.11. The van der Waals surface area contributed by atoms with Crippen LogP contribution < -0.4 is 0 Å². The maximum absolute atomic E-state index is 10.4. The Hall–Kier alpha value is -0.340. The van der Waals surface area contributed by atoms with Crippen LogP contribution in [0.1, 0.15) is 6.92 Å². The molecule has 0 aliphatic heterocycles. The maximum Gasteiger partial charge on any atom is 0.223 e. The summed E-state index contributed by atoms with van der Waals surface area (Å²) in [6.07, 6.45) is 0.867. The van der Waals surface area contributed by atoms with Crippen LogP contribution in [0.3, 0.4) is 0 Å². The van der Waals surface area contributed by atoms with Crippen molar-refractivity contribution in [2.24, 2.45) is 0 Å². The quantitative estimate of drug-likeness (QED) is 0.460. The van der Waals surface area contributed by atoms with Gasteiger partial charge in [-0.1, -0.05) is 23.2 Å². The van der Waals surface area contributed by atoms with Crippen LogP contribution in [0.2, 0.25) is 0 Å². The van der Waals surface area contributed by atoms with Crippen molar-refractivity contribution in [2.75, 3.05) is 0 Å². The van der Waals surface area contributed by atoms with Gasteiger partial charge in [0.05, 0.1) is 0 Å². The highest BCUT2D eigenvalue weighted by molar-refractivity contribution is 6.58. The predicted octanol–water partition coefficient (Wildman–Crippen LogP) is 1.46. The highest BCUT2D eigenvalue weighted by atomic mass is 35.5. The van der Waals surface area contributed by atoms with Gasteiger partial charge in [-0.2, -0.15) is 0 Å². The highest BCUT2D eigenvalue weighted by Crippen LogP contribution is 2.05. The number of hydrogen-bond acceptors (Lipinski definition) is 2. The molecule has 4 heteroatoms. The molecule has 0 atom stereocenters. The van der Waals surface area contributed by atoms with Gasteiger partial charge in [-0.15, -0.1) is 0 Å². The third kappa shape index (κ3) is 4.18. The van der Waals surface area contributed by atoms with Crippen molar-refractivity contribution in [3.8, 4) is 0 Å². The molecule has 0 aromatic heterocycles. The van der Waals surface area contributed by atoms with E-state index in [1.54, 1.807) is 0 Å². The molecule has 0 saturated carbocycles. The van der Waals surface area contributed by atoms with Gasteiger partial charge in [0.25, 0.3) is 0 Å². The summed E-state index contributed by atoms with van der Waals surface area (Å²) in [5.74, 6) is -1.26. The second-order valence-corrected chi connectivity index (χ2v) is 2.36. The summed E-state index contributed by atoms with van der Waals surface area (Å²) in [5.41, 5.74) is 0. The fourth-order valence-electron chi connectivity index (χ4n) is 0.201. The number of halogens is 2. The van der Waals surface area contributed by atoms with Gasteiger partial charge in [-0.05, 0) is 0 Å². The molecular formula is C5H4Cl2O2. The first-order valence-corrected chi connectivity index (χ1v) is 2.87. The average molecular weight is 167 g/mol. The lowest BCUT2D eigenvalue weighted by atomic mass is 10.3. The van der Waals surface area contributed by atoms with Gasteiger partial charge in [-0.25, -0.2) is 0 Å². The molecule has 0 N–H and O–H groups in total. The number of hydrogen-bond donors (Lipinski definition) is 0. The summed E-state index contributed by atoms with van der Waals surface area (Å²) in [7, 11) is 0. The molecule has 0 aliphatic rings. The van der Waals surface area contributed by atoms with Crippen molar-refractivity contribution >= 4 is 34.8 Å². The standard InChI is InChI=1S/C5H4Cl2O2/c1-3(8)4(9)2-5(6)7/h2H,1H3. The summed E-state index contributed by atoms with van der Waals surface area (Å²) in [6.45, 7) is 1.15. The minimum Gasteiger partial charge on any atom is -0.291 e. The molecule has 0 aliphatic carbocycles. The molecule has 0 radical (unpaired) electrons. The monoisotopic (exact) mass is 166 g/mol. The van der Waals surface area contributed by atoms with Crippen molar-refractivity contribution in [3.05, 3.63) is 10.6 Å². The summed E-state index contributed by atoms with van der Waals surface area (Å²) < 4.78 is -0.199. The smallest absolute Gasteiger partial charge is 0.223 e. The summed E-state index contributed by atoms with van der Waals surface area (Å²) in [6, 6.07) is 0. The van der Waals surface area contributed by atoms with Gasteiger partial charge in [-0.3, -0.25) is 9.59 Å². The van der Waals surface area contributed by atoms with E-state index in [9.17, 15) is 9.59 Å². The van der Waals surface area contributed by atoms with Gasteiger partial charge < -0.3 is 0 Å². The fraction of sp³-hybridized carbons (Fsp3) is 0.200. The number of ketones is 2. The zero-order chi connectivity index (χ0) is 7.44. The Balaban J connectivity index is 4.09. The van der Waals surface area contributed by atoms with Gasteiger partial charge in [0.1, 0.15) is 4.49 Å². The van der Waals surface area contributed by atoms with E-state index >= 15 is 0 Å². The number of carbonyl (C=O) groups is 2. The molecule has 0 bridgehead atoms. The van der Waals surface area contributed by atoms with E-state index in [0.717, 1.165) is 13.0 Å². The Morgan fingerprint density at radius 3 is 1.89 bits per heavy atom. The van der Waals surface area contributed by atoms with E-state index in [4.69, 9.17) is 23.2 Å². The Morgan fingerprint density at radius 2 is 1.78 bits per heavy atom. The van der Waals surface area contributed by atoms with E-state index in [0.29, 0.717) is 0 Å². The van der Waals surface area contributed by atoms with Crippen LogP contribution in [0.25, 0.3) is 0 Å². The average Bonchev–Trinajstić information content (AvgIpc) is 1.63. The van der Waals surface area contributed by atoms with E-state index < -0.39 is 11.6 Å². The SMILES string of the molecule is CC(=O)C(=O)C=C(Cl)Cl. The largest absolute Gasteiger partial charge is 0.291 e. The van der Waals surface area contributed by atoms with Crippen molar-refractivity contribution in [1.29, 1.82) is 0 Å². The molecule has 0 saturated heterocycles. The molecule has 2 nitrogen and oxygen atoms in total. The first kappa shape index (κ1) is 8.66. The van der Waals surface area contributed by atoms with Crippen molar-refractivity contribution in [3.63, 3.8) is 0 Å². The first-order chi connectivity index (χ1) is 4.04. The topological polar surface area (TPSA) is 34.1 Å². The predicted molar refractivity (Wildman–Crippen MR) is 35.5 cm³/mol. The molecular weight excluding hydrogens is 163 g/mol. The van der Waals surface area contributed by atoms with Crippen LogP contribution in [-0.4, -0.2) is 11.6 Å². The van der Waals surface area contributed by atoms with Gasteiger partial charge >= 0.3 is 0 Å². The van der Waals surface area contributed by atoms with E-state index in [-0.39, 0.29) is 4.49 Å². The molecule has 0 rings (SSSR count). The summed E-state index contributed by atoms with van der Waals surface area (Å²) in [4.78, 5) is 20.5. The van der Waals surface area contributed by atoms with Crippen molar-refractivity contribution < 1.29 is 9.59 Å². The van der Waals surface area contributed by atoms with Crippen molar-refractivity contribution in [2.45, 2.75) is 6.92 Å². The highest BCUT2D eigenvalue weighted by Gasteiger charge is 2.02. The second-order valence-electron chi connectivity index (χ2n) is 1.35. The van der Waals surface area contributed by atoms with E-state index in [1.165, 1.54) is 0 Å². The minimum atomic E-state index is -0.685. The molecule has 0 heterocycles. The number of rotatable bonds is 2. The van der Waals surface area contributed by atoms with Gasteiger partial charge in [0.15, 0.2) is 5.78 Å². The Bertz CT molecular complexity index is 168. The molecule has 0 spiro atoms. The zero-order valence-corrected chi connectivity index (χ0v) is 6.16. The Kier molecular flexibility index (Phi) is 3.50. The van der Waals surface area contributed by atoms with E-state index in [1.807, 2.05) is 0 Å². The summed E-state index contributed by atoms with van der Waals surface area (Å²) >= 11 is 10.1. The van der Waals surface area contributed by atoms with E-state index in [2.05, 4.69) is 0 Å². The lowest BCUT2D eigenvalue weighted by Crippen LogP contribution is -2.04. The number of Topliss-reactive ketones (excluding diaryl/α,β-unsaturated/α-hetero) is 1. The Labute approximate surface area is 62.4 Å². The fourth-order valence-corrected chi connectivity index (χ4v) is 0.399. The third-order valence-electron chi connectivity index (χ3n) is 0.587. The molecule has 0 aromatic rings. The lowest BCUT2D eigenvalue weighted by molar-refractivity contribution is -0.132. The molecule has 0 amide bonds. The molecule has 0 unspecified atom stereocenters. The molecule has 50 valence electrons. The third-order valence-corrected chi connectivity index (χ3v) is 0.805. The number of carbonyl (C=O) groups excluding carboxylic acids is 2. The molecule has 0 fully saturated rings. The zero-order valence-electron chi connectivity index (χ0n) is 4.65. The van der Waals surface area contributed by atoms with Crippen LogP contribution in [0, 0.1) is 0 Å². The van der Waals surface area contributed by atoms with Crippen molar-refractivity contribution in [1.82, 2.24) is 0 Å². The second kappa shape index (κ2) is 3.64. The summed E-state index contributed by atoms with van der Waals surface area (Å²) in [5, 5.41) is 0. The van der Waals surface area contributed by atoms with Gasteiger partial charge in [0.2, 0.25) is 5.78 Å². The minimum absolute atomic E-state index is 0.199. The maximum atomic E-state index is 10.4. The Morgan fingerprint density at radius 1 is 1.33 bits per heavy atom. The van der Waals surface area contributed by atoms with Crippen LogP contribution in [0.4, 0.5) is 0 Å². The van der Waals surface area contributed by atoms with Crippen LogP contribution >= 0.6 is 23.2 Å². The lowest BCUT2D eigenvalue weighted by Gasteiger charge is -1.82. The number of allylic oxidation sites excluding steroid dienone is 1.